The maximum Gasteiger partial charge on any atom is 0.357 e. The van der Waals surface area contributed by atoms with Gasteiger partial charge in [-0.3, -0.25) is 9.36 Å². The molecule has 2 aliphatic carbocycles. The molecule has 230 valence electrons. The summed E-state index contributed by atoms with van der Waals surface area (Å²) in [5.74, 6) is 0.0847. The van der Waals surface area contributed by atoms with Gasteiger partial charge >= 0.3 is 7.60 Å². The van der Waals surface area contributed by atoms with Crippen molar-refractivity contribution in [3.8, 4) is 5.75 Å². The summed E-state index contributed by atoms with van der Waals surface area (Å²) in [4.78, 5) is 14.1. The van der Waals surface area contributed by atoms with Crippen LogP contribution in [0.15, 0.2) is 42.5 Å². The normalized spacial score (nSPS) is 24.3. The lowest BCUT2D eigenvalue weighted by molar-refractivity contribution is -0.137. The molecule has 9 heteroatoms. The fourth-order valence-electron chi connectivity index (χ4n) is 7.31. The minimum absolute atomic E-state index is 0.0850. The predicted molar refractivity (Wildman–Crippen MR) is 172 cm³/mol. The first-order valence-electron chi connectivity index (χ1n) is 15.2. The number of benzene rings is 2. The van der Waals surface area contributed by atoms with E-state index in [0.717, 1.165) is 32.1 Å². The molecule has 0 heterocycles. The zero-order valence-electron chi connectivity index (χ0n) is 26.1. The van der Waals surface area contributed by atoms with Gasteiger partial charge in [0.25, 0.3) is 0 Å². The Balaban J connectivity index is 1.60. The van der Waals surface area contributed by atoms with Gasteiger partial charge in [0.05, 0.1) is 25.7 Å². The molecule has 4 rings (SSSR count). The van der Waals surface area contributed by atoms with Crippen molar-refractivity contribution < 1.29 is 23.1 Å². The summed E-state index contributed by atoms with van der Waals surface area (Å²) in [6.07, 6.45) is 4.70. The van der Waals surface area contributed by atoms with E-state index in [1.807, 2.05) is 12.1 Å². The second-order valence-corrected chi connectivity index (χ2v) is 14.8. The second-order valence-electron chi connectivity index (χ2n) is 12.3. The lowest BCUT2D eigenvalue weighted by Gasteiger charge is -2.54. The van der Waals surface area contributed by atoms with Crippen molar-refractivity contribution >= 4 is 30.8 Å². The number of rotatable bonds is 10. The van der Waals surface area contributed by atoms with E-state index >= 15 is 0 Å². The number of carbonyl (C=O) groups excluding carboxylic acids is 1. The second kappa shape index (κ2) is 13.2. The SMILES string of the molecule is CCOP(=O)(OCC)C(NC(=S)NC(=O)[C@]1(C)CCC[C@]2(C)c3ccc(C(C)C)cc3CC[C@@H]12)c1ccccc1OC. The maximum absolute atomic E-state index is 14.1. The largest absolute Gasteiger partial charge is 0.496 e. The molecule has 0 aromatic heterocycles. The summed E-state index contributed by atoms with van der Waals surface area (Å²) in [5.41, 5.74) is 4.03. The van der Waals surface area contributed by atoms with Crippen LogP contribution in [0.4, 0.5) is 0 Å². The van der Waals surface area contributed by atoms with Gasteiger partial charge in [-0.1, -0.05) is 70.5 Å². The van der Waals surface area contributed by atoms with E-state index in [1.54, 1.807) is 33.1 Å². The summed E-state index contributed by atoms with van der Waals surface area (Å²) in [7, 11) is -2.20. The number of nitrogens with one attached hydrogen (secondary N) is 2. The molecule has 1 saturated carbocycles. The van der Waals surface area contributed by atoms with E-state index in [-0.39, 0.29) is 35.6 Å². The Morgan fingerprint density at radius 3 is 2.43 bits per heavy atom. The van der Waals surface area contributed by atoms with Crippen LogP contribution in [0, 0.1) is 11.3 Å². The van der Waals surface area contributed by atoms with Gasteiger partial charge in [-0.05, 0) is 91.8 Å². The van der Waals surface area contributed by atoms with Crippen LogP contribution in [0.25, 0.3) is 0 Å². The zero-order chi connectivity index (χ0) is 30.7. The number of aryl methyl sites for hydroxylation is 1. The smallest absolute Gasteiger partial charge is 0.357 e. The summed E-state index contributed by atoms with van der Waals surface area (Å²) in [6, 6.07) is 14.2. The number of methoxy groups -OCH3 is 1. The van der Waals surface area contributed by atoms with Crippen molar-refractivity contribution in [1.82, 2.24) is 10.6 Å². The van der Waals surface area contributed by atoms with Crippen molar-refractivity contribution in [2.24, 2.45) is 11.3 Å². The van der Waals surface area contributed by atoms with Gasteiger partial charge in [0.15, 0.2) is 10.9 Å². The van der Waals surface area contributed by atoms with Crippen LogP contribution in [0.5, 0.6) is 5.75 Å². The Labute approximate surface area is 257 Å². The number of carbonyl (C=O) groups is 1. The zero-order valence-corrected chi connectivity index (χ0v) is 27.8. The lowest BCUT2D eigenvalue weighted by Crippen LogP contribution is -2.57. The molecule has 1 amide bonds. The van der Waals surface area contributed by atoms with Crippen LogP contribution >= 0.6 is 19.8 Å². The van der Waals surface area contributed by atoms with Crippen LogP contribution in [-0.2, 0) is 30.2 Å². The number of fused-ring (bicyclic) bond motifs is 3. The molecule has 4 atom stereocenters. The van der Waals surface area contributed by atoms with Crippen LogP contribution in [0.1, 0.15) is 101 Å². The monoisotopic (exact) mass is 614 g/mol. The van der Waals surface area contributed by atoms with Gasteiger partial charge < -0.3 is 24.4 Å². The molecule has 2 aliphatic rings. The fraction of sp³-hybridized carbons (Fsp3) is 0.576. The Morgan fingerprint density at radius 2 is 1.79 bits per heavy atom. The van der Waals surface area contributed by atoms with Crippen LogP contribution in [0.2, 0.25) is 0 Å². The topological polar surface area (TPSA) is 85.9 Å². The van der Waals surface area contributed by atoms with Crippen molar-refractivity contribution in [3.63, 3.8) is 0 Å². The van der Waals surface area contributed by atoms with Crippen molar-refractivity contribution in [1.29, 1.82) is 0 Å². The Hall–Kier alpha value is -2.25. The van der Waals surface area contributed by atoms with E-state index in [0.29, 0.717) is 17.2 Å². The molecule has 0 bridgehead atoms. The van der Waals surface area contributed by atoms with E-state index in [1.165, 1.54) is 16.7 Å². The van der Waals surface area contributed by atoms with Gasteiger partial charge in [-0.2, -0.15) is 0 Å². The highest BCUT2D eigenvalue weighted by atomic mass is 32.1. The molecule has 1 unspecified atom stereocenters. The quantitative estimate of drug-likeness (QED) is 0.209. The minimum Gasteiger partial charge on any atom is -0.496 e. The Kier molecular flexibility index (Phi) is 10.2. The highest BCUT2D eigenvalue weighted by molar-refractivity contribution is 7.80. The Morgan fingerprint density at radius 1 is 1.10 bits per heavy atom. The van der Waals surface area contributed by atoms with Gasteiger partial charge in [0.2, 0.25) is 5.91 Å². The van der Waals surface area contributed by atoms with E-state index < -0.39 is 18.8 Å². The number of thiocarbonyl (C=S) groups is 1. The van der Waals surface area contributed by atoms with Crippen molar-refractivity contribution in [3.05, 3.63) is 64.7 Å². The van der Waals surface area contributed by atoms with E-state index in [2.05, 4.69) is 56.5 Å². The molecular weight excluding hydrogens is 567 g/mol. The Bertz CT molecular complexity index is 1340. The van der Waals surface area contributed by atoms with Crippen molar-refractivity contribution in [2.75, 3.05) is 20.3 Å². The fourth-order valence-corrected chi connectivity index (χ4v) is 9.55. The molecule has 0 saturated heterocycles. The third-order valence-electron chi connectivity index (χ3n) is 9.43. The van der Waals surface area contributed by atoms with Gasteiger partial charge in [0, 0.05) is 5.56 Å². The highest BCUT2D eigenvalue weighted by Gasteiger charge is 2.55. The summed E-state index contributed by atoms with van der Waals surface area (Å²) < 4.78 is 31.0. The number of hydrogen-bond acceptors (Lipinski definition) is 6. The number of para-hydroxylation sites is 1. The summed E-state index contributed by atoms with van der Waals surface area (Å²) in [5, 5.41) is 6.20. The van der Waals surface area contributed by atoms with Crippen molar-refractivity contribution in [2.45, 2.75) is 90.8 Å². The summed E-state index contributed by atoms with van der Waals surface area (Å²) >= 11 is 5.70. The van der Waals surface area contributed by atoms with E-state index in [9.17, 15) is 9.36 Å². The molecule has 1 fully saturated rings. The molecule has 0 spiro atoms. The lowest BCUT2D eigenvalue weighted by atomic mass is 9.49. The number of amides is 1. The molecular formula is C33H47N2O5PS. The third kappa shape index (κ3) is 6.19. The molecule has 2 aromatic carbocycles. The molecule has 0 aliphatic heterocycles. The first-order valence-corrected chi connectivity index (χ1v) is 17.2. The standard InChI is InChI=1S/C33H47N2O5PS/c1-8-39-41(37,40-9-2)29(25-13-10-11-14-27(25)38-7)34-31(42)35-30(36)33(6)20-12-19-32(5)26-17-15-23(22(3)4)21-24(26)16-18-28(32)33/h10-11,13-15,17,21-22,28-29H,8-9,12,16,18-20H2,1-7H3,(H2,34,35,36,42)/t28-,29?,32-,33-/m1/s1. The summed E-state index contributed by atoms with van der Waals surface area (Å²) in [6.45, 7) is 12.8. The maximum atomic E-state index is 14.1. The average Bonchev–Trinajstić information content (AvgIpc) is 2.95. The first-order chi connectivity index (χ1) is 19.9. The molecule has 2 N–H and O–H groups in total. The van der Waals surface area contributed by atoms with Crippen LogP contribution in [-0.4, -0.2) is 31.3 Å². The molecule has 0 radical (unpaired) electrons. The first kappa shape index (κ1) is 32.7. The third-order valence-corrected chi connectivity index (χ3v) is 11.9. The number of hydrogen-bond donors (Lipinski definition) is 2. The molecule has 2 aromatic rings. The predicted octanol–water partition coefficient (Wildman–Crippen LogP) is 7.78. The van der Waals surface area contributed by atoms with E-state index in [4.69, 9.17) is 26.0 Å². The number of ether oxygens (including phenoxy) is 1. The van der Waals surface area contributed by atoms with Gasteiger partial charge in [0.1, 0.15) is 5.75 Å². The van der Waals surface area contributed by atoms with Crippen LogP contribution < -0.4 is 15.4 Å². The van der Waals surface area contributed by atoms with Crippen LogP contribution in [0.3, 0.4) is 0 Å². The molecule has 7 nitrogen and oxygen atoms in total. The highest BCUT2D eigenvalue weighted by Crippen LogP contribution is 2.61. The van der Waals surface area contributed by atoms with Gasteiger partial charge in [-0.25, -0.2) is 0 Å². The minimum atomic E-state index is -3.75. The molecule has 42 heavy (non-hydrogen) atoms. The average molecular weight is 615 g/mol. The van der Waals surface area contributed by atoms with Gasteiger partial charge in [-0.15, -0.1) is 0 Å².